The van der Waals surface area contributed by atoms with E-state index in [2.05, 4.69) is 107 Å². The topological polar surface area (TPSA) is 369 Å². The van der Waals surface area contributed by atoms with E-state index in [1.165, 1.54) is 7.11 Å². The number of pyridine rings is 9. The molecule has 3 aliphatic carbocycles. The molecular weight excluding hydrogens is 1230 g/mol. The van der Waals surface area contributed by atoms with Gasteiger partial charge in [-0.15, -0.1) is 0 Å². The number of methoxy groups -OCH3 is 3. The van der Waals surface area contributed by atoms with E-state index in [-0.39, 0.29) is 33.6 Å². The molecule has 0 bridgehead atoms. The van der Waals surface area contributed by atoms with Crippen LogP contribution in [0, 0.1) is 16.2 Å². The molecule has 0 atom stereocenters. The second-order valence-electron chi connectivity index (χ2n) is 27.7. The molecular formula is C69H78ClN19O6. The van der Waals surface area contributed by atoms with Crippen LogP contribution in [0.2, 0.25) is 5.15 Å². The van der Waals surface area contributed by atoms with Crippen molar-refractivity contribution in [1.29, 1.82) is 0 Å². The number of carbonyl (C=O) groups excluding carboxylic acids is 3. The molecule has 0 unspecified atom stereocenters. The van der Waals surface area contributed by atoms with Gasteiger partial charge >= 0.3 is 0 Å². The summed E-state index contributed by atoms with van der Waals surface area (Å²) < 4.78 is 16.0. The normalized spacial score (nSPS) is 15.1. The summed E-state index contributed by atoms with van der Waals surface area (Å²) in [6.45, 7) is 23.7. The quantitative estimate of drug-likeness (QED) is 0.0382. The van der Waals surface area contributed by atoms with Crippen LogP contribution in [0.4, 0.5) is 29.1 Å². The van der Waals surface area contributed by atoms with Crippen molar-refractivity contribution in [2.24, 2.45) is 32.2 Å². The number of hydrogen-bond acceptors (Lipinski definition) is 21. The Labute approximate surface area is 555 Å². The average molecular weight is 1300 g/mol. The smallest absolute Gasteiger partial charge is 0.222 e. The molecule has 95 heavy (non-hydrogen) atoms. The van der Waals surface area contributed by atoms with Gasteiger partial charge in [0.15, 0.2) is 17.3 Å². The Morgan fingerprint density at radius 1 is 0.474 bits per heavy atom. The number of rotatable bonds is 12. The van der Waals surface area contributed by atoms with E-state index in [9.17, 15) is 14.4 Å². The number of nitrogens with one attached hydrogen (secondary N) is 2. The van der Waals surface area contributed by atoms with Crippen LogP contribution in [0.1, 0.15) is 167 Å². The average Bonchev–Trinajstić information content (AvgIpc) is 0.793. The van der Waals surface area contributed by atoms with Gasteiger partial charge in [-0.25, -0.2) is 44.9 Å². The minimum Gasteiger partial charge on any atom is -0.481 e. The molecule has 6 N–H and O–H groups in total. The Bertz CT molecular complexity index is 4610. The van der Waals surface area contributed by atoms with Crippen molar-refractivity contribution >= 4 is 90.4 Å². The molecule has 9 aromatic heterocycles. The molecule has 12 rings (SSSR count). The zero-order chi connectivity index (χ0) is 69.2. The first-order chi connectivity index (χ1) is 44.7. The molecule has 0 spiro atoms. The first-order valence-corrected chi connectivity index (χ1v) is 31.0. The number of Topliss-reactive ketones (excluding diaryl/α,β-unsaturated/α-hetero) is 3. The van der Waals surface area contributed by atoms with Gasteiger partial charge in [-0.3, -0.25) is 14.4 Å². The lowest BCUT2D eigenvalue weighted by Crippen LogP contribution is -2.29. The summed E-state index contributed by atoms with van der Waals surface area (Å²) in [6, 6.07) is 16.3. The number of aromatic nitrogens is 9. The lowest BCUT2D eigenvalue weighted by molar-refractivity contribution is 0.0901. The van der Waals surface area contributed by atoms with Crippen LogP contribution in [0.15, 0.2) is 102 Å². The number of nitrogens with zero attached hydrogens (tertiary/aromatic N) is 15. The van der Waals surface area contributed by atoms with Crippen LogP contribution in [-0.2, 0) is 35.9 Å². The van der Waals surface area contributed by atoms with Gasteiger partial charge in [0.05, 0.1) is 65.6 Å². The Morgan fingerprint density at radius 3 is 1.20 bits per heavy atom. The fourth-order valence-corrected chi connectivity index (χ4v) is 12.1. The first kappa shape index (κ1) is 69.2. The van der Waals surface area contributed by atoms with Crippen molar-refractivity contribution in [3.8, 4) is 17.6 Å². The van der Waals surface area contributed by atoms with Crippen LogP contribution >= 0.6 is 11.6 Å². The third-order valence-electron chi connectivity index (χ3n) is 16.6. The molecule has 0 aliphatic heterocycles. The first-order valence-electron chi connectivity index (χ1n) is 30.6. The summed E-state index contributed by atoms with van der Waals surface area (Å²) in [4.78, 5) is 82.0. The number of nitrogens with two attached hydrogens (primary N) is 2. The highest BCUT2D eigenvalue weighted by Crippen LogP contribution is 2.41. The fraction of sp³-hybridized carbons (Fsp3) is 0.391. The molecule has 0 amide bonds. The van der Waals surface area contributed by atoms with Gasteiger partial charge in [0.2, 0.25) is 17.6 Å². The van der Waals surface area contributed by atoms with Gasteiger partial charge in [0.25, 0.3) is 0 Å². The van der Waals surface area contributed by atoms with Gasteiger partial charge in [-0.1, -0.05) is 91.1 Å². The lowest BCUT2D eigenvalue weighted by Gasteiger charge is -2.29. The maximum absolute atomic E-state index is 12.4. The van der Waals surface area contributed by atoms with Crippen molar-refractivity contribution < 1.29 is 28.6 Å². The van der Waals surface area contributed by atoms with Crippen LogP contribution in [-0.4, -0.2) is 83.5 Å². The summed E-state index contributed by atoms with van der Waals surface area (Å²) in [5, 5.41) is 19.4. The molecule has 0 radical (unpaired) electrons. The fourth-order valence-electron chi connectivity index (χ4n) is 12.0. The maximum atomic E-state index is 12.4. The zero-order valence-corrected chi connectivity index (χ0v) is 56.8. The molecule has 26 heteroatoms. The number of fused-ring (bicyclic) bond motifs is 6. The summed E-state index contributed by atoms with van der Waals surface area (Å²) in [6.07, 6.45) is 14.0. The van der Waals surface area contributed by atoms with E-state index in [1.807, 2.05) is 71.9 Å². The van der Waals surface area contributed by atoms with E-state index in [4.69, 9.17) is 58.3 Å². The highest BCUT2D eigenvalue weighted by molar-refractivity contribution is 6.30. The Hall–Kier alpha value is -10.2. The minimum absolute atomic E-state index is 0.0187. The molecule has 25 nitrogen and oxygen atoms in total. The van der Waals surface area contributed by atoms with Crippen molar-refractivity contribution in [2.45, 2.75) is 138 Å². The lowest BCUT2D eigenvalue weighted by atomic mass is 9.76. The maximum Gasteiger partial charge on any atom is 0.222 e. The van der Waals surface area contributed by atoms with Crippen LogP contribution in [0.25, 0.3) is 53.2 Å². The highest BCUT2D eigenvalue weighted by atomic mass is 35.5. The van der Waals surface area contributed by atoms with Crippen molar-refractivity contribution in [2.75, 3.05) is 37.7 Å². The number of ketones is 3. The summed E-state index contributed by atoms with van der Waals surface area (Å²) in [7, 11) is 4.67. The molecule has 492 valence electrons. The number of hydrogen-bond donors (Lipinski definition) is 4. The van der Waals surface area contributed by atoms with Crippen LogP contribution < -0.4 is 36.3 Å². The molecule has 3 aliphatic rings. The van der Waals surface area contributed by atoms with Gasteiger partial charge < -0.3 is 36.3 Å². The molecule has 0 saturated heterocycles. The van der Waals surface area contributed by atoms with Crippen molar-refractivity contribution in [1.82, 2.24) is 44.9 Å². The predicted molar refractivity (Wildman–Crippen MR) is 368 cm³/mol. The predicted octanol–water partition coefficient (Wildman–Crippen LogP) is 15.3. The van der Waals surface area contributed by atoms with Crippen LogP contribution in [0.3, 0.4) is 0 Å². The van der Waals surface area contributed by atoms with E-state index in [0.29, 0.717) is 87.7 Å². The SMILES string of the molecule is CC1(C)CC(=O)c2ccc(N)nc2C1.COc1ncc(C(C)(C)N)c2cc(Nc3ccc4c(n3)CC(C)(C)CC4=O)ncc12.COc1ncc(C(C)(C)N=[N+]=[N-])c2cc(Cl)ncc12.COc1ncc(C(C)(C)N=[N+]=[N-])c2cc(Nc3ccc4c(n3)CC(C)(C)CC4=O)ncc12. The highest BCUT2D eigenvalue weighted by Gasteiger charge is 2.35. The van der Waals surface area contributed by atoms with Crippen molar-refractivity contribution in [3.05, 3.63) is 168 Å². The Morgan fingerprint density at radius 2 is 0.821 bits per heavy atom. The summed E-state index contributed by atoms with van der Waals surface area (Å²) >= 11 is 5.94. The molecule has 9 aromatic rings. The van der Waals surface area contributed by atoms with Gasteiger partial charge in [-0.05, 0) is 148 Å². The summed E-state index contributed by atoms with van der Waals surface area (Å²) in [5.41, 5.74) is 34.4. The number of azide groups is 2. The molecule has 9 heterocycles. The number of anilines is 5. The second-order valence-corrected chi connectivity index (χ2v) is 28.1. The van der Waals surface area contributed by atoms with Gasteiger partial charge in [0, 0.05) is 88.5 Å². The zero-order valence-electron chi connectivity index (χ0n) is 56.1. The minimum atomic E-state index is -0.819. The van der Waals surface area contributed by atoms with E-state index >= 15 is 0 Å². The molecule has 0 fully saturated rings. The summed E-state index contributed by atoms with van der Waals surface area (Å²) in [5.74, 6) is 4.82. The standard InChI is InChI=1S/C23H25N7O2.C23H27N5O2.C12H12ClN5O.C11H14N2O/c1-22(2)9-17-13(18(31)10-22)6-7-19(27-17)28-20-8-14-15(11-25-20)21(32-5)26-12-16(14)23(3,4)29-30-24;1-22(2)9-17-13(18(29)10-22)6-7-19(27-17)28-20-8-14-15(11-25-20)21(30-5)26-12-16(14)23(3,4)24;1-12(2,17-18-14)9-6-16-11(19-3)8-5-15-10(13)4-7(8)9;1-11(2)5-8-7(9(14)6-11)3-4-10(12)13-8/h6-8,11-12H,9-10H2,1-5H3,(H,25,27,28);6-8,11-12H,9-10,24H2,1-5H3,(H,25,27,28);4-6H,1-3H3;3-4H,5-6H2,1-2H3,(H2,12,13). The molecule has 0 aromatic carbocycles. The molecule has 0 saturated carbocycles. The van der Waals surface area contributed by atoms with E-state index in [1.54, 1.807) is 75.7 Å². The van der Waals surface area contributed by atoms with Crippen LogP contribution in [0.5, 0.6) is 17.6 Å². The van der Waals surface area contributed by atoms with Gasteiger partial charge in [-0.2, -0.15) is 0 Å². The van der Waals surface area contributed by atoms with Crippen molar-refractivity contribution in [3.63, 3.8) is 0 Å². The number of halogens is 1. The second kappa shape index (κ2) is 27.0. The Kier molecular flexibility index (Phi) is 19.7. The van der Waals surface area contributed by atoms with Gasteiger partial charge in [0.1, 0.15) is 34.2 Å². The van der Waals surface area contributed by atoms with E-state index < -0.39 is 16.6 Å². The largest absolute Gasteiger partial charge is 0.481 e. The Balaban J connectivity index is 0.000000156. The monoisotopic (exact) mass is 1300 g/mol. The third kappa shape index (κ3) is 15.7. The number of ether oxygens (including phenoxy) is 3. The number of nitrogen functional groups attached to an aromatic ring is 1. The third-order valence-corrected chi connectivity index (χ3v) is 16.8. The number of carbonyl (C=O) groups is 3. The van der Waals surface area contributed by atoms with E-state index in [0.717, 1.165) is 85.5 Å².